The van der Waals surface area contributed by atoms with Crippen LogP contribution in [0.5, 0.6) is 0 Å². The van der Waals surface area contributed by atoms with Crippen molar-refractivity contribution in [2.45, 2.75) is 36.8 Å². The molecular formula is C19H22O11. The van der Waals surface area contributed by atoms with E-state index in [-0.39, 0.29) is 32.7 Å². The molecule has 1 heterocycles. The average Bonchev–Trinajstić information content (AvgIpc) is 2.97. The summed E-state index contributed by atoms with van der Waals surface area (Å²) in [5.74, 6) is -0.887. The number of hydrogen-bond donors (Lipinski definition) is 0. The van der Waals surface area contributed by atoms with Crippen LogP contribution in [0.25, 0.3) is 0 Å². The van der Waals surface area contributed by atoms with Gasteiger partial charge in [-0.15, -0.1) is 0 Å². The number of rotatable bonds is 9. The third-order valence-corrected chi connectivity index (χ3v) is 4.14. The van der Waals surface area contributed by atoms with E-state index in [2.05, 4.69) is 19.7 Å². The predicted octanol–water partition coefficient (Wildman–Crippen LogP) is 2.20. The van der Waals surface area contributed by atoms with Crippen molar-refractivity contribution in [3.05, 3.63) is 38.0 Å². The molecule has 1 aliphatic carbocycles. The number of esters is 1. The summed E-state index contributed by atoms with van der Waals surface area (Å²) in [6, 6.07) is 0. The van der Waals surface area contributed by atoms with Crippen molar-refractivity contribution in [1.82, 2.24) is 0 Å². The van der Waals surface area contributed by atoms with Gasteiger partial charge in [0.2, 0.25) is 5.60 Å². The second kappa shape index (κ2) is 10.3. The van der Waals surface area contributed by atoms with Gasteiger partial charge in [-0.25, -0.2) is 19.2 Å². The maximum Gasteiger partial charge on any atom is 0.509 e. The lowest BCUT2D eigenvalue weighted by molar-refractivity contribution is -0.156. The van der Waals surface area contributed by atoms with Gasteiger partial charge in [0.1, 0.15) is 25.9 Å². The molecular weight excluding hydrogens is 404 g/mol. The van der Waals surface area contributed by atoms with E-state index in [9.17, 15) is 19.2 Å². The summed E-state index contributed by atoms with van der Waals surface area (Å²) in [6.45, 7) is 9.82. The lowest BCUT2D eigenvalue weighted by Gasteiger charge is -2.36. The minimum absolute atomic E-state index is 0.120. The molecule has 11 heteroatoms. The largest absolute Gasteiger partial charge is 0.509 e. The second-order valence-corrected chi connectivity index (χ2v) is 6.24. The number of hydrogen-bond acceptors (Lipinski definition) is 11. The number of ether oxygens (including phenoxy) is 7. The van der Waals surface area contributed by atoms with E-state index < -0.39 is 48.3 Å². The van der Waals surface area contributed by atoms with Crippen LogP contribution in [-0.4, -0.2) is 68.2 Å². The molecule has 2 bridgehead atoms. The number of carbonyl (C=O) groups excluding carboxylic acids is 4. The van der Waals surface area contributed by atoms with Crippen molar-refractivity contribution in [2.24, 2.45) is 0 Å². The summed E-state index contributed by atoms with van der Waals surface area (Å²) in [6.07, 6.45) is -3.38. The molecule has 0 N–H and O–H groups in total. The van der Waals surface area contributed by atoms with E-state index in [1.165, 1.54) is 18.2 Å². The van der Waals surface area contributed by atoms with Crippen LogP contribution in [0.15, 0.2) is 38.0 Å². The standard InChI is InChI=1S/C19H22O11/c1-4-7-24-16(21)28-13-11-19(30-18(23)26-9-6-3)10-12(27-15(19)20)14(13)29-17(22)25-8-5-2/h4-6,12-14H,1-3,7-11H2. The monoisotopic (exact) mass is 426 g/mol. The van der Waals surface area contributed by atoms with Crippen LogP contribution in [0, 0.1) is 0 Å². The Morgan fingerprint density at radius 3 is 2.00 bits per heavy atom. The second-order valence-electron chi connectivity index (χ2n) is 6.24. The normalized spacial score (nSPS) is 26.4. The Balaban J connectivity index is 2.19. The van der Waals surface area contributed by atoms with Gasteiger partial charge < -0.3 is 33.2 Å². The van der Waals surface area contributed by atoms with Crippen molar-refractivity contribution in [3.8, 4) is 0 Å². The fourth-order valence-corrected chi connectivity index (χ4v) is 2.98. The highest BCUT2D eigenvalue weighted by molar-refractivity contribution is 5.85. The number of carbonyl (C=O) groups is 4. The minimum atomic E-state index is -1.78. The summed E-state index contributed by atoms with van der Waals surface area (Å²) in [5.41, 5.74) is -1.78. The first kappa shape index (κ1) is 22.8. The smallest absolute Gasteiger partial charge is 0.455 e. The zero-order valence-electron chi connectivity index (χ0n) is 16.1. The highest BCUT2D eigenvalue weighted by atomic mass is 16.8. The Labute approximate surface area is 172 Å². The third kappa shape index (κ3) is 5.52. The molecule has 0 aromatic heterocycles. The average molecular weight is 426 g/mol. The SMILES string of the molecule is C=CCOC(=O)OC1CC2(OC(=O)OCC=C)CC(OC2=O)C1OC(=O)OCC=C. The summed E-state index contributed by atoms with van der Waals surface area (Å²) in [5, 5.41) is 0. The molecule has 0 spiro atoms. The third-order valence-electron chi connectivity index (χ3n) is 4.14. The molecule has 11 nitrogen and oxygen atoms in total. The van der Waals surface area contributed by atoms with Gasteiger partial charge in [0.15, 0.2) is 12.2 Å². The van der Waals surface area contributed by atoms with Gasteiger partial charge in [-0.3, -0.25) is 0 Å². The van der Waals surface area contributed by atoms with Crippen molar-refractivity contribution < 1.29 is 52.3 Å². The van der Waals surface area contributed by atoms with E-state index in [0.717, 1.165) is 0 Å². The van der Waals surface area contributed by atoms with Crippen LogP contribution in [0.4, 0.5) is 14.4 Å². The molecule has 0 aromatic rings. The van der Waals surface area contributed by atoms with E-state index in [0.29, 0.717) is 0 Å². The lowest BCUT2D eigenvalue weighted by atomic mass is 9.82. The molecule has 4 unspecified atom stereocenters. The van der Waals surface area contributed by atoms with Crippen molar-refractivity contribution in [1.29, 1.82) is 0 Å². The van der Waals surface area contributed by atoms with E-state index >= 15 is 0 Å². The van der Waals surface area contributed by atoms with Crippen molar-refractivity contribution >= 4 is 24.4 Å². The van der Waals surface area contributed by atoms with Crippen molar-refractivity contribution in [3.63, 3.8) is 0 Å². The maximum absolute atomic E-state index is 12.4. The van der Waals surface area contributed by atoms with E-state index in [1.807, 2.05) is 0 Å². The lowest BCUT2D eigenvalue weighted by Crippen LogP contribution is -2.53. The van der Waals surface area contributed by atoms with Gasteiger partial charge in [0.25, 0.3) is 0 Å². The summed E-state index contributed by atoms with van der Waals surface area (Å²) in [7, 11) is 0. The fraction of sp³-hybridized carbons (Fsp3) is 0.474. The topological polar surface area (TPSA) is 133 Å². The van der Waals surface area contributed by atoms with Crippen molar-refractivity contribution in [2.75, 3.05) is 19.8 Å². The van der Waals surface area contributed by atoms with Crippen LogP contribution < -0.4 is 0 Å². The molecule has 2 aliphatic rings. The Bertz CT molecular complexity index is 715. The highest BCUT2D eigenvalue weighted by Gasteiger charge is 2.64. The molecule has 4 atom stereocenters. The minimum Gasteiger partial charge on any atom is -0.455 e. The molecule has 164 valence electrons. The van der Waals surface area contributed by atoms with Crippen LogP contribution in [0.3, 0.4) is 0 Å². The Morgan fingerprint density at radius 1 is 0.900 bits per heavy atom. The summed E-state index contributed by atoms with van der Waals surface area (Å²) >= 11 is 0. The van der Waals surface area contributed by atoms with E-state index in [4.69, 9.17) is 33.2 Å². The molecule has 0 amide bonds. The quantitative estimate of drug-likeness (QED) is 0.305. The molecule has 2 rings (SSSR count). The molecule has 1 saturated carbocycles. The first-order chi connectivity index (χ1) is 14.3. The molecule has 1 saturated heterocycles. The van der Waals surface area contributed by atoms with Gasteiger partial charge in [0, 0.05) is 12.8 Å². The van der Waals surface area contributed by atoms with Crippen LogP contribution in [0.1, 0.15) is 12.8 Å². The van der Waals surface area contributed by atoms with Crippen LogP contribution in [0.2, 0.25) is 0 Å². The van der Waals surface area contributed by atoms with Gasteiger partial charge in [-0.2, -0.15) is 0 Å². The maximum atomic E-state index is 12.4. The Kier molecular flexibility index (Phi) is 7.84. The highest BCUT2D eigenvalue weighted by Crippen LogP contribution is 2.43. The molecule has 30 heavy (non-hydrogen) atoms. The number of fused-ring (bicyclic) bond motifs is 2. The van der Waals surface area contributed by atoms with Crippen LogP contribution >= 0.6 is 0 Å². The molecule has 0 aromatic carbocycles. The summed E-state index contributed by atoms with van der Waals surface area (Å²) in [4.78, 5) is 48.1. The molecule has 2 fully saturated rings. The Morgan fingerprint density at radius 2 is 1.43 bits per heavy atom. The first-order valence-corrected chi connectivity index (χ1v) is 8.91. The van der Waals surface area contributed by atoms with Gasteiger partial charge in [-0.1, -0.05) is 38.0 Å². The zero-order chi connectivity index (χ0) is 22.1. The van der Waals surface area contributed by atoms with Gasteiger partial charge in [-0.05, 0) is 0 Å². The Hall–Kier alpha value is -3.50. The predicted molar refractivity (Wildman–Crippen MR) is 97.3 cm³/mol. The van der Waals surface area contributed by atoms with Gasteiger partial charge >= 0.3 is 24.4 Å². The van der Waals surface area contributed by atoms with E-state index in [1.54, 1.807) is 0 Å². The van der Waals surface area contributed by atoms with Crippen LogP contribution in [-0.2, 0) is 38.0 Å². The zero-order valence-corrected chi connectivity index (χ0v) is 16.1. The first-order valence-electron chi connectivity index (χ1n) is 8.91. The molecule has 0 radical (unpaired) electrons. The molecule has 1 aliphatic heterocycles. The summed E-state index contributed by atoms with van der Waals surface area (Å²) < 4.78 is 35.0. The fourth-order valence-electron chi connectivity index (χ4n) is 2.98. The van der Waals surface area contributed by atoms with Gasteiger partial charge in [0.05, 0.1) is 0 Å².